The standard InChI is InChI=1S/C20H23Cl/c1-2-6-15-11-13-17(14-12-15)20(21)19-10-5-8-16-7-3-4-9-18(16)19/h3-4,7,9,11-14,19-20H,2,5-6,8,10H2,1H3. The van der Waals surface area contributed by atoms with Crippen LogP contribution in [0.4, 0.5) is 0 Å². The summed E-state index contributed by atoms with van der Waals surface area (Å²) in [7, 11) is 0. The Morgan fingerprint density at radius 3 is 2.62 bits per heavy atom. The minimum Gasteiger partial charge on any atom is -0.117 e. The van der Waals surface area contributed by atoms with Gasteiger partial charge in [0.05, 0.1) is 5.38 Å². The van der Waals surface area contributed by atoms with Crippen LogP contribution in [0.5, 0.6) is 0 Å². The van der Waals surface area contributed by atoms with Gasteiger partial charge in [-0.1, -0.05) is 61.9 Å². The maximum Gasteiger partial charge on any atom is 0.0653 e. The van der Waals surface area contributed by atoms with Gasteiger partial charge in [0.15, 0.2) is 0 Å². The molecule has 0 N–H and O–H groups in total. The Hall–Kier alpha value is -1.27. The summed E-state index contributed by atoms with van der Waals surface area (Å²) < 4.78 is 0. The second-order valence-electron chi connectivity index (χ2n) is 6.09. The van der Waals surface area contributed by atoms with Crippen LogP contribution in [0.15, 0.2) is 48.5 Å². The zero-order valence-corrected chi connectivity index (χ0v) is 13.4. The van der Waals surface area contributed by atoms with Crippen LogP contribution in [-0.2, 0) is 12.8 Å². The molecule has 2 atom stereocenters. The third-order valence-electron chi connectivity index (χ3n) is 4.61. The Labute approximate surface area is 133 Å². The molecule has 0 radical (unpaired) electrons. The molecule has 2 aromatic rings. The molecule has 0 bridgehead atoms. The van der Waals surface area contributed by atoms with E-state index in [1.54, 1.807) is 0 Å². The molecule has 0 aliphatic heterocycles. The number of benzene rings is 2. The van der Waals surface area contributed by atoms with Crippen LogP contribution < -0.4 is 0 Å². The average Bonchev–Trinajstić information content (AvgIpc) is 2.55. The van der Waals surface area contributed by atoms with Gasteiger partial charge in [-0.2, -0.15) is 0 Å². The largest absolute Gasteiger partial charge is 0.117 e. The summed E-state index contributed by atoms with van der Waals surface area (Å²) in [5.41, 5.74) is 5.62. The average molecular weight is 299 g/mol. The number of alkyl halides is 1. The lowest BCUT2D eigenvalue weighted by atomic mass is 9.79. The van der Waals surface area contributed by atoms with Crippen LogP contribution in [0.25, 0.3) is 0 Å². The van der Waals surface area contributed by atoms with Crippen molar-refractivity contribution < 1.29 is 0 Å². The van der Waals surface area contributed by atoms with E-state index >= 15 is 0 Å². The van der Waals surface area contributed by atoms with Crippen molar-refractivity contribution in [1.82, 2.24) is 0 Å². The molecule has 1 aliphatic rings. The second-order valence-corrected chi connectivity index (χ2v) is 6.56. The SMILES string of the molecule is CCCc1ccc(C(Cl)C2CCCc3ccccc32)cc1. The molecular weight excluding hydrogens is 276 g/mol. The van der Waals surface area contributed by atoms with Gasteiger partial charge in [-0.05, 0) is 47.9 Å². The zero-order chi connectivity index (χ0) is 14.7. The van der Waals surface area contributed by atoms with Crippen LogP contribution in [0.1, 0.15) is 59.7 Å². The van der Waals surface area contributed by atoms with Crippen molar-refractivity contribution >= 4 is 11.6 Å². The van der Waals surface area contributed by atoms with Gasteiger partial charge in [-0.25, -0.2) is 0 Å². The number of hydrogen-bond acceptors (Lipinski definition) is 0. The fourth-order valence-corrected chi connectivity index (χ4v) is 3.89. The van der Waals surface area contributed by atoms with Gasteiger partial charge in [0.1, 0.15) is 0 Å². The van der Waals surface area contributed by atoms with E-state index in [-0.39, 0.29) is 5.38 Å². The van der Waals surface area contributed by atoms with Gasteiger partial charge >= 0.3 is 0 Å². The minimum absolute atomic E-state index is 0.0853. The first kappa shape index (κ1) is 14.7. The van der Waals surface area contributed by atoms with Gasteiger partial charge in [-0.3, -0.25) is 0 Å². The Balaban J connectivity index is 1.84. The highest BCUT2D eigenvalue weighted by atomic mass is 35.5. The predicted molar refractivity (Wildman–Crippen MR) is 91.2 cm³/mol. The zero-order valence-electron chi connectivity index (χ0n) is 12.7. The van der Waals surface area contributed by atoms with E-state index in [4.69, 9.17) is 11.6 Å². The van der Waals surface area contributed by atoms with Gasteiger partial charge in [0.2, 0.25) is 0 Å². The topological polar surface area (TPSA) is 0 Å². The van der Waals surface area contributed by atoms with E-state index < -0.39 is 0 Å². The first-order valence-corrected chi connectivity index (χ1v) is 8.54. The number of halogens is 1. The number of fused-ring (bicyclic) bond motifs is 1. The highest BCUT2D eigenvalue weighted by molar-refractivity contribution is 6.21. The molecule has 0 spiro atoms. The summed E-state index contributed by atoms with van der Waals surface area (Å²) in [5.74, 6) is 0.452. The third kappa shape index (κ3) is 3.16. The van der Waals surface area contributed by atoms with Crippen LogP contribution in [0.2, 0.25) is 0 Å². The number of hydrogen-bond donors (Lipinski definition) is 0. The van der Waals surface area contributed by atoms with Crippen molar-refractivity contribution in [2.45, 2.75) is 50.3 Å². The highest BCUT2D eigenvalue weighted by Crippen LogP contribution is 2.43. The summed E-state index contributed by atoms with van der Waals surface area (Å²) >= 11 is 6.84. The number of aryl methyl sites for hydroxylation is 2. The van der Waals surface area contributed by atoms with Crippen LogP contribution in [0.3, 0.4) is 0 Å². The molecule has 0 fully saturated rings. The maximum absolute atomic E-state index is 6.84. The molecule has 0 saturated carbocycles. The predicted octanol–water partition coefficient (Wildman–Crippen LogP) is 6.04. The molecule has 2 aromatic carbocycles. The van der Waals surface area contributed by atoms with E-state index in [9.17, 15) is 0 Å². The van der Waals surface area contributed by atoms with E-state index in [1.807, 2.05) is 0 Å². The normalized spacial score (nSPS) is 19.0. The van der Waals surface area contributed by atoms with E-state index in [1.165, 1.54) is 47.9 Å². The molecular formula is C20H23Cl. The molecule has 0 nitrogen and oxygen atoms in total. The Kier molecular flexibility index (Phi) is 4.65. The molecule has 0 heterocycles. The molecule has 110 valence electrons. The van der Waals surface area contributed by atoms with Crippen LogP contribution in [-0.4, -0.2) is 0 Å². The monoisotopic (exact) mass is 298 g/mol. The molecule has 2 unspecified atom stereocenters. The lowest BCUT2D eigenvalue weighted by Gasteiger charge is -2.29. The van der Waals surface area contributed by atoms with Crippen molar-refractivity contribution in [2.75, 3.05) is 0 Å². The fourth-order valence-electron chi connectivity index (χ4n) is 3.48. The summed E-state index contributed by atoms with van der Waals surface area (Å²) in [4.78, 5) is 0. The van der Waals surface area contributed by atoms with E-state index in [0.717, 1.165) is 6.42 Å². The van der Waals surface area contributed by atoms with Gasteiger partial charge in [0.25, 0.3) is 0 Å². The molecule has 0 aromatic heterocycles. The quantitative estimate of drug-likeness (QED) is 0.604. The summed E-state index contributed by atoms with van der Waals surface area (Å²) in [6, 6.07) is 17.7. The van der Waals surface area contributed by atoms with Gasteiger partial charge in [0, 0.05) is 5.92 Å². The second kappa shape index (κ2) is 6.66. The molecule has 1 heteroatoms. The first-order valence-electron chi connectivity index (χ1n) is 8.10. The van der Waals surface area contributed by atoms with Gasteiger partial charge < -0.3 is 0 Å². The highest BCUT2D eigenvalue weighted by Gasteiger charge is 2.27. The molecule has 0 amide bonds. The summed E-state index contributed by atoms with van der Waals surface area (Å²) in [5, 5.41) is 0.0853. The Morgan fingerprint density at radius 1 is 1.10 bits per heavy atom. The van der Waals surface area contributed by atoms with Crippen molar-refractivity contribution in [3.05, 3.63) is 70.8 Å². The van der Waals surface area contributed by atoms with Crippen molar-refractivity contribution in [3.8, 4) is 0 Å². The summed E-state index contributed by atoms with van der Waals surface area (Å²) in [6.07, 6.45) is 5.99. The maximum atomic E-state index is 6.84. The van der Waals surface area contributed by atoms with E-state index in [2.05, 4.69) is 55.5 Å². The van der Waals surface area contributed by atoms with Crippen LogP contribution in [0, 0.1) is 0 Å². The molecule has 3 rings (SSSR count). The van der Waals surface area contributed by atoms with Crippen molar-refractivity contribution in [3.63, 3.8) is 0 Å². The van der Waals surface area contributed by atoms with Crippen molar-refractivity contribution in [1.29, 1.82) is 0 Å². The lowest BCUT2D eigenvalue weighted by Crippen LogP contribution is -2.14. The summed E-state index contributed by atoms with van der Waals surface area (Å²) in [6.45, 7) is 2.22. The lowest BCUT2D eigenvalue weighted by molar-refractivity contribution is 0.539. The molecule has 21 heavy (non-hydrogen) atoms. The van der Waals surface area contributed by atoms with Crippen LogP contribution >= 0.6 is 11.6 Å². The Bertz CT molecular complexity index is 585. The number of rotatable bonds is 4. The third-order valence-corrected chi connectivity index (χ3v) is 5.16. The van der Waals surface area contributed by atoms with Crippen molar-refractivity contribution in [2.24, 2.45) is 0 Å². The fraction of sp³-hybridized carbons (Fsp3) is 0.400. The van der Waals surface area contributed by atoms with Gasteiger partial charge in [-0.15, -0.1) is 11.6 Å². The Morgan fingerprint density at radius 2 is 1.86 bits per heavy atom. The van der Waals surface area contributed by atoms with E-state index in [0.29, 0.717) is 5.92 Å². The first-order chi connectivity index (χ1) is 10.3. The smallest absolute Gasteiger partial charge is 0.0653 e. The molecule has 0 saturated heterocycles. The minimum atomic E-state index is 0.0853. The molecule has 1 aliphatic carbocycles.